The average Bonchev–Trinajstić information content (AvgIpc) is 3.18. The van der Waals surface area contributed by atoms with E-state index in [0.717, 1.165) is 6.42 Å². The first-order chi connectivity index (χ1) is 11.1. The second-order valence-corrected chi connectivity index (χ2v) is 6.43. The van der Waals surface area contributed by atoms with E-state index in [1.54, 1.807) is 14.2 Å². The Kier molecular flexibility index (Phi) is 3.10. The highest BCUT2D eigenvalue weighted by molar-refractivity contribution is 6.07. The number of benzene rings is 1. The third-order valence-corrected chi connectivity index (χ3v) is 5.35. The molecule has 120 valence electrons. The van der Waals surface area contributed by atoms with Gasteiger partial charge in [0.25, 0.3) is 0 Å². The van der Waals surface area contributed by atoms with Crippen LogP contribution in [0.25, 0.3) is 0 Å². The van der Waals surface area contributed by atoms with Crippen LogP contribution >= 0.6 is 0 Å². The van der Waals surface area contributed by atoms with Crippen molar-refractivity contribution in [1.29, 1.82) is 0 Å². The summed E-state index contributed by atoms with van der Waals surface area (Å²) in [6.07, 6.45) is 2.91. The van der Waals surface area contributed by atoms with Gasteiger partial charge in [-0.3, -0.25) is 14.5 Å². The molecule has 0 radical (unpaired) electrons. The van der Waals surface area contributed by atoms with Crippen molar-refractivity contribution in [2.45, 2.75) is 24.5 Å². The van der Waals surface area contributed by atoms with Crippen LogP contribution in [0.15, 0.2) is 42.2 Å². The average molecular weight is 313 g/mol. The molecule has 4 rings (SSSR count). The van der Waals surface area contributed by atoms with Gasteiger partial charge in [0.2, 0.25) is 11.8 Å². The molecule has 4 atom stereocenters. The standard InChI is InChI=1S/C18H19NO4/c1-19-16(20)14-12-10-13(22-2)18(23-12,15(14)17(19)21)9-8-11-6-4-3-5-7-11/h3-7,10,12,14-15H,8-9H2,1-2H3. The normalized spacial score (nSPS) is 34.8. The zero-order valence-corrected chi connectivity index (χ0v) is 13.2. The van der Waals surface area contributed by atoms with Crippen molar-refractivity contribution < 1.29 is 19.1 Å². The highest BCUT2D eigenvalue weighted by Gasteiger charge is 2.70. The van der Waals surface area contributed by atoms with Gasteiger partial charge in [0.1, 0.15) is 11.4 Å². The molecule has 0 aromatic heterocycles. The van der Waals surface area contributed by atoms with E-state index in [2.05, 4.69) is 12.1 Å². The van der Waals surface area contributed by atoms with Gasteiger partial charge in [-0.1, -0.05) is 30.3 Å². The van der Waals surface area contributed by atoms with Crippen LogP contribution in [0.4, 0.5) is 0 Å². The topological polar surface area (TPSA) is 55.8 Å². The van der Waals surface area contributed by atoms with E-state index in [4.69, 9.17) is 9.47 Å². The van der Waals surface area contributed by atoms with Gasteiger partial charge in [-0.05, 0) is 24.5 Å². The third kappa shape index (κ3) is 1.83. The molecule has 3 aliphatic rings. The predicted octanol–water partition coefficient (Wildman–Crippen LogP) is 1.53. The van der Waals surface area contributed by atoms with Gasteiger partial charge < -0.3 is 9.47 Å². The number of carbonyl (C=O) groups is 2. The van der Waals surface area contributed by atoms with Gasteiger partial charge >= 0.3 is 0 Å². The Morgan fingerprint density at radius 2 is 1.96 bits per heavy atom. The Hall–Kier alpha value is -2.14. The highest BCUT2D eigenvalue weighted by atomic mass is 16.6. The molecule has 5 nitrogen and oxygen atoms in total. The third-order valence-electron chi connectivity index (χ3n) is 5.35. The fraction of sp³-hybridized carbons (Fsp3) is 0.444. The van der Waals surface area contributed by atoms with Crippen LogP contribution in [-0.4, -0.2) is 42.6 Å². The van der Waals surface area contributed by atoms with Crippen LogP contribution in [0.2, 0.25) is 0 Å². The summed E-state index contributed by atoms with van der Waals surface area (Å²) < 4.78 is 11.7. The van der Waals surface area contributed by atoms with E-state index in [9.17, 15) is 9.59 Å². The lowest BCUT2D eigenvalue weighted by molar-refractivity contribution is -0.143. The summed E-state index contributed by atoms with van der Waals surface area (Å²) in [4.78, 5) is 26.2. The number of hydrogen-bond donors (Lipinski definition) is 0. The summed E-state index contributed by atoms with van der Waals surface area (Å²) in [5.74, 6) is -0.469. The number of likely N-dealkylation sites (tertiary alicyclic amines) is 1. The molecule has 2 amide bonds. The second kappa shape index (κ2) is 4.93. The zero-order valence-electron chi connectivity index (χ0n) is 13.2. The maximum Gasteiger partial charge on any atom is 0.236 e. The van der Waals surface area contributed by atoms with E-state index in [0.29, 0.717) is 12.2 Å². The smallest absolute Gasteiger partial charge is 0.236 e. The van der Waals surface area contributed by atoms with Gasteiger partial charge in [0.15, 0.2) is 0 Å². The molecule has 2 fully saturated rings. The Morgan fingerprint density at radius 1 is 1.22 bits per heavy atom. The lowest BCUT2D eigenvalue weighted by Gasteiger charge is -2.32. The minimum absolute atomic E-state index is 0.141. The molecular formula is C18H19NO4. The van der Waals surface area contributed by atoms with Crippen molar-refractivity contribution in [3.8, 4) is 0 Å². The summed E-state index contributed by atoms with van der Waals surface area (Å²) in [7, 11) is 3.15. The van der Waals surface area contributed by atoms with Crippen molar-refractivity contribution in [3.63, 3.8) is 0 Å². The molecule has 3 heterocycles. The molecule has 2 bridgehead atoms. The fourth-order valence-corrected chi connectivity index (χ4v) is 4.24. The lowest BCUT2D eigenvalue weighted by atomic mass is 9.73. The molecule has 4 unspecified atom stereocenters. The summed E-state index contributed by atoms with van der Waals surface area (Å²) in [6.45, 7) is 0. The minimum Gasteiger partial charge on any atom is -0.498 e. The SMILES string of the molecule is COC1=CC2OC1(CCc1ccccc1)C1C(=O)N(C)C(=O)C21. The molecule has 1 aromatic rings. The summed E-state index contributed by atoms with van der Waals surface area (Å²) >= 11 is 0. The maximum atomic E-state index is 12.6. The van der Waals surface area contributed by atoms with E-state index in [1.165, 1.54) is 10.5 Å². The number of imide groups is 1. The molecule has 3 aliphatic heterocycles. The van der Waals surface area contributed by atoms with Gasteiger partial charge in [-0.15, -0.1) is 0 Å². The second-order valence-electron chi connectivity index (χ2n) is 6.43. The quantitative estimate of drug-likeness (QED) is 0.791. The van der Waals surface area contributed by atoms with Crippen LogP contribution in [0.1, 0.15) is 12.0 Å². The van der Waals surface area contributed by atoms with E-state index < -0.39 is 17.4 Å². The Bertz CT molecular complexity index is 698. The number of nitrogens with zero attached hydrogens (tertiary/aromatic N) is 1. The number of aryl methyl sites for hydroxylation is 1. The molecule has 0 N–H and O–H groups in total. The maximum absolute atomic E-state index is 12.6. The number of carbonyl (C=O) groups excluding carboxylic acids is 2. The van der Waals surface area contributed by atoms with Gasteiger partial charge in [-0.2, -0.15) is 0 Å². The van der Waals surface area contributed by atoms with Crippen molar-refractivity contribution in [2.24, 2.45) is 11.8 Å². The number of amides is 2. The van der Waals surface area contributed by atoms with Crippen LogP contribution in [-0.2, 0) is 25.5 Å². The number of fused-ring (bicyclic) bond motifs is 5. The summed E-state index contributed by atoms with van der Waals surface area (Å²) in [5.41, 5.74) is 0.371. The number of methoxy groups -OCH3 is 1. The van der Waals surface area contributed by atoms with Crippen LogP contribution < -0.4 is 0 Å². The van der Waals surface area contributed by atoms with E-state index in [-0.39, 0.29) is 17.9 Å². The van der Waals surface area contributed by atoms with Crippen LogP contribution in [0.5, 0.6) is 0 Å². The lowest BCUT2D eigenvalue weighted by Crippen LogP contribution is -2.43. The molecule has 2 saturated heterocycles. The molecule has 0 spiro atoms. The number of rotatable bonds is 4. The number of ether oxygens (including phenoxy) is 2. The van der Waals surface area contributed by atoms with Crippen molar-refractivity contribution >= 4 is 11.8 Å². The highest BCUT2D eigenvalue weighted by Crippen LogP contribution is 2.56. The molecular weight excluding hydrogens is 294 g/mol. The van der Waals surface area contributed by atoms with E-state index in [1.807, 2.05) is 24.3 Å². The van der Waals surface area contributed by atoms with Gasteiger partial charge in [-0.25, -0.2) is 0 Å². The molecule has 5 heteroatoms. The Labute approximate surface area is 134 Å². The van der Waals surface area contributed by atoms with Crippen molar-refractivity contribution in [3.05, 3.63) is 47.7 Å². The molecule has 1 aromatic carbocycles. The molecule has 23 heavy (non-hydrogen) atoms. The Balaban J connectivity index is 1.68. The van der Waals surface area contributed by atoms with Crippen molar-refractivity contribution in [2.75, 3.05) is 14.2 Å². The van der Waals surface area contributed by atoms with E-state index >= 15 is 0 Å². The molecule has 0 aliphatic carbocycles. The first kappa shape index (κ1) is 14.5. The first-order valence-electron chi connectivity index (χ1n) is 7.88. The van der Waals surface area contributed by atoms with Gasteiger partial charge in [0, 0.05) is 7.05 Å². The van der Waals surface area contributed by atoms with Gasteiger partial charge in [0.05, 0.1) is 25.0 Å². The first-order valence-corrected chi connectivity index (χ1v) is 7.88. The van der Waals surface area contributed by atoms with Crippen LogP contribution in [0.3, 0.4) is 0 Å². The Morgan fingerprint density at radius 3 is 2.65 bits per heavy atom. The zero-order chi connectivity index (χ0) is 16.2. The predicted molar refractivity (Wildman–Crippen MR) is 82.2 cm³/mol. The minimum atomic E-state index is -0.808. The van der Waals surface area contributed by atoms with Crippen LogP contribution in [0, 0.1) is 11.8 Å². The summed E-state index contributed by atoms with van der Waals surface area (Å²) in [6, 6.07) is 10.1. The van der Waals surface area contributed by atoms with Crippen molar-refractivity contribution in [1.82, 2.24) is 4.90 Å². The summed E-state index contributed by atoms with van der Waals surface area (Å²) in [5, 5.41) is 0. The molecule has 0 saturated carbocycles. The monoisotopic (exact) mass is 313 g/mol. The largest absolute Gasteiger partial charge is 0.498 e. The number of hydrogen-bond acceptors (Lipinski definition) is 4. The fourth-order valence-electron chi connectivity index (χ4n) is 4.24.